The molecule has 3 rings (SSSR count). The number of nitrogens with zero attached hydrogens (tertiary/aromatic N) is 2. The number of carbonyl (C=O) groups is 1. The number of nitrogens with one attached hydrogen (secondary N) is 2. The molecule has 112 valence electrons. The number of rotatable bonds is 3. The summed E-state index contributed by atoms with van der Waals surface area (Å²) in [6.07, 6.45) is 7.25. The molecule has 6 heteroatoms. The van der Waals surface area contributed by atoms with Crippen molar-refractivity contribution in [2.45, 2.75) is 38.6 Å². The van der Waals surface area contributed by atoms with Crippen LogP contribution in [0.15, 0.2) is 18.5 Å². The van der Waals surface area contributed by atoms with Crippen molar-refractivity contribution in [3.8, 4) is 0 Å². The van der Waals surface area contributed by atoms with E-state index in [-0.39, 0.29) is 17.9 Å². The molecule has 1 saturated carbocycles. The third-order valence-corrected chi connectivity index (χ3v) is 4.50. The molecule has 2 aromatic heterocycles. The summed E-state index contributed by atoms with van der Waals surface area (Å²) in [4.78, 5) is 16.6. The molecule has 1 unspecified atom stereocenters. The molecule has 0 aliphatic heterocycles. The number of aromatic amines is 1. The van der Waals surface area contributed by atoms with E-state index >= 15 is 0 Å². The summed E-state index contributed by atoms with van der Waals surface area (Å²) in [7, 11) is 0. The molecule has 0 aromatic carbocycles. The number of nitrogens with two attached hydrogens (primary N) is 1. The smallest absolute Gasteiger partial charge is 0.227 e. The third-order valence-electron chi connectivity index (χ3n) is 4.50. The van der Waals surface area contributed by atoms with Crippen molar-refractivity contribution < 1.29 is 4.79 Å². The van der Waals surface area contributed by atoms with Gasteiger partial charge in [-0.3, -0.25) is 9.89 Å². The normalized spacial score (nSPS) is 23.9. The van der Waals surface area contributed by atoms with Crippen molar-refractivity contribution in [1.29, 1.82) is 0 Å². The zero-order chi connectivity index (χ0) is 14.8. The van der Waals surface area contributed by atoms with E-state index in [0.717, 1.165) is 36.8 Å². The predicted octanol–water partition coefficient (Wildman–Crippen LogP) is 2.05. The van der Waals surface area contributed by atoms with Crippen LogP contribution in [-0.2, 0) is 4.79 Å². The van der Waals surface area contributed by atoms with Crippen molar-refractivity contribution in [2.24, 2.45) is 17.6 Å². The molecule has 1 aliphatic rings. The van der Waals surface area contributed by atoms with Gasteiger partial charge < -0.3 is 11.1 Å². The van der Waals surface area contributed by atoms with E-state index in [9.17, 15) is 4.79 Å². The van der Waals surface area contributed by atoms with Crippen molar-refractivity contribution in [1.82, 2.24) is 15.2 Å². The van der Waals surface area contributed by atoms with Crippen LogP contribution < -0.4 is 11.1 Å². The Morgan fingerprint density at radius 3 is 2.90 bits per heavy atom. The quantitative estimate of drug-likeness (QED) is 0.805. The van der Waals surface area contributed by atoms with Gasteiger partial charge in [0.1, 0.15) is 0 Å². The van der Waals surface area contributed by atoms with Gasteiger partial charge in [-0.15, -0.1) is 0 Å². The van der Waals surface area contributed by atoms with Gasteiger partial charge in [-0.25, -0.2) is 4.98 Å². The molecule has 2 heterocycles. The van der Waals surface area contributed by atoms with Crippen molar-refractivity contribution in [2.75, 3.05) is 5.32 Å². The first kappa shape index (κ1) is 14.0. The van der Waals surface area contributed by atoms with Gasteiger partial charge in [-0.1, -0.05) is 0 Å². The van der Waals surface area contributed by atoms with E-state index < -0.39 is 0 Å². The molecule has 1 aliphatic carbocycles. The summed E-state index contributed by atoms with van der Waals surface area (Å²) in [5.41, 5.74) is 7.40. The number of aromatic nitrogens is 3. The second-order valence-electron chi connectivity index (χ2n) is 5.95. The van der Waals surface area contributed by atoms with E-state index in [1.807, 2.05) is 6.07 Å². The summed E-state index contributed by atoms with van der Waals surface area (Å²) in [6, 6.07) is 2.03. The summed E-state index contributed by atoms with van der Waals surface area (Å²) in [6.45, 7) is 2.05. The molecule has 21 heavy (non-hydrogen) atoms. The molecule has 0 saturated heterocycles. The van der Waals surface area contributed by atoms with Crippen molar-refractivity contribution in [3.05, 3.63) is 18.5 Å². The van der Waals surface area contributed by atoms with Gasteiger partial charge in [0.25, 0.3) is 0 Å². The highest BCUT2D eigenvalue weighted by molar-refractivity contribution is 6.00. The topological polar surface area (TPSA) is 96.7 Å². The number of anilines is 1. The molecule has 6 nitrogen and oxygen atoms in total. The van der Waals surface area contributed by atoms with Crippen LogP contribution in [0.25, 0.3) is 11.0 Å². The highest BCUT2D eigenvalue weighted by Gasteiger charge is 2.28. The average molecular weight is 287 g/mol. The number of amides is 1. The van der Waals surface area contributed by atoms with Gasteiger partial charge in [-0.05, 0) is 44.6 Å². The fraction of sp³-hybridized carbons (Fsp3) is 0.533. The van der Waals surface area contributed by atoms with Gasteiger partial charge in [0.05, 0.1) is 17.3 Å². The highest BCUT2D eigenvalue weighted by Crippen LogP contribution is 2.31. The Kier molecular flexibility index (Phi) is 3.88. The van der Waals surface area contributed by atoms with Crippen molar-refractivity contribution >= 4 is 22.6 Å². The van der Waals surface area contributed by atoms with Crippen LogP contribution in [0.5, 0.6) is 0 Å². The zero-order valence-electron chi connectivity index (χ0n) is 12.2. The maximum Gasteiger partial charge on any atom is 0.227 e. The highest BCUT2D eigenvalue weighted by atomic mass is 16.1. The Bertz CT molecular complexity index is 628. The molecule has 1 amide bonds. The summed E-state index contributed by atoms with van der Waals surface area (Å²) < 4.78 is 0. The third kappa shape index (κ3) is 2.90. The van der Waals surface area contributed by atoms with E-state index in [1.165, 1.54) is 0 Å². The lowest BCUT2D eigenvalue weighted by atomic mass is 9.79. The number of hydrogen-bond acceptors (Lipinski definition) is 4. The van der Waals surface area contributed by atoms with E-state index in [0.29, 0.717) is 11.6 Å². The molecular weight excluding hydrogens is 266 g/mol. The van der Waals surface area contributed by atoms with Crippen LogP contribution in [-0.4, -0.2) is 27.1 Å². The van der Waals surface area contributed by atoms with Gasteiger partial charge in [0, 0.05) is 18.2 Å². The molecule has 0 radical (unpaired) electrons. The van der Waals surface area contributed by atoms with Gasteiger partial charge in [0.15, 0.2) is 5.65 Å². The number of fused-ring (bicyclic) bond motifs is 1. The van der Waals surface area contributed by atoms with Crippen LogP contribution >= 0.6 is 0 Å². The van der Waals surface area contributed by atoms with Crippen LogP contribution in [0.3, 0.4) is 0 Å². The fourth-order valence-corrected chi connectivity index (χ4v) is 3.10. The monoisotopic (exact) mass is 287 g/mol. The van der Waals surface area contributed by atoms with Crippen LogP contribution in [0.2, 0.25) is 0 Å². The number of pyridine rings is 1. The largest absolute Gasteiger partial charge is 0.328 e. The first-order valence-corrected chi connectivity index (χ1v) is 7.49. The lowest BCUT2D eigenvalue weighted by Crippen LogP contribution is -2.33. The molecule has 0 bridgehead atoms. The summed E-state index contributed by atoms with van der Waals surface area (Å²) >= 11 is 0. The van der Waals surface area contributed by atoms with Gasteiger partial charge >= 0.3 is 0 Å². The minimum Gasteiger partial charge on any atom is -0.328 e. The molecule has 1 fully saturated rings. The van der Waals surface area contributed by atoms with E-state index in [2.05, 4.69) is 27.4 Å². The number of carbonyl (C=O) groups excluding carboxylic acids is 1. The molecule has 0 spiro atoms. The molecule has 1 atom stereocenters. The van der Waals surface area contributed by atoms with Gasteiger partial charge in [-0.2, -0.15) is 5.10 Å². The predicted molar refractivity (Wildman–Crippen MR) is 81.6 cm³/mol. The van der Waals surface area contributed by atoms with Crippen LogP contribution in [0.4, 0.5) is 5.69 Å². The Labute approximate surface area is 123 Å². The van der Waals surface area contributed by atoms with E-state index in [4.69, 9.17) is 5.73 Å². The minimum absolute atomic E-state index is 0.0788. The summed E-state index contributed by atoms with van der Waals surface area (Å²) in [5, 5.41) is 10.6. The number of hydrogen-bond donors (Lipinski definition) is 3. The van der Waals surface area contributed by atoms with Crippen LogP contribution in [0.1, 0.15) is 32.6 Å². The number of H-pyrrole nitrogens is 1. The Hall–Kier alpha value is -1.95. The summed E-state index contributed by atoms with van der Waals surface area (Å²) in [5.74, 6) is 0.720. The maximum absolute atomic E-state index is 12.4. The zero-order valence-corrected chi connectivity index (χ0v) is 12.2. The Balaban J connectivity index is 1.66. The first-order valence-electron chi connectivity index (χ1n) is 7.49. The SMILES string of the molecule is CC(N)[C@H]1CC[C@H](C(=O)Nc2ccnc3[nH]ncc23)CC1. The van der Waals surface area contributed by atoms with Crippen LogP contribution in [0, 0.1) is 11.8 Å². The Morgan fingerprint density at radius 1 is 1.43 bits per heavy atom. The van der Waals surface area contributed by atoms with Gasteiger partial charge in [0.2, 0.25) is 5.91 Å². The standard InChI is InChI=1S/C15H21N5O/c1-9(16)10-2-4-11(5-3-10)15(21)19-13-6-7-17-14-12(13)8-18-20-14/h6-11H,2-5,16H2,1H3,(H2,17,18,19,20,21)/t9?,10-,11-. The second-order valence-corrected chi connectivity index (χ2v) is 5.95. The lowest BCUT2D eigenvalue weighted by molar-refractivity contribution is -0.121. The lowest BCUT2D eigenvalue weighted by Gasteiger charge is -2.30. The fourth-order valence-electron chi connectivity index (χ4n) is 3.10. The molecule has 4 N–H and O–H groups in total. The maximum atomic E-state index is 12.4. The molecule has 2 aromatic rings. The molecular formula is C15H21N5O. The Morgan fingerprint density at radius 2 is 2.19 bits per heavy atom. The van der Waals surface area contributed by atoms with E-state index in [1.54, 1.807) is 12.4 Å². The minimum atomic E-state index is 0.0788. The van der Waals surface area contributed by atoms with Crippen molar-refractivity contribution in [3.63, 3.8) is 0 Å². The first-order chi connectivity index (χ1) is 10.1. The average Bonchev–Trinajstić information content (AvgIpc) is 2.97. The second kappa shape index (κ2) is 5.81.